The van der Waals surface area contributed by atoms with Crippen molar-refractivity contribution in [2.45, 2.75) is 18.2 Å². The Labute approximate surface area is 108 Å². The molecule has 3 nitrogen and oxygen atoms in total. The highest BCUT2D eigenvalue weighted by atomic mass is 79.9. The molecule has 0 aliphatic rings. The van der Waals surface area contributed by atoms with Crippen LogP contribution in [-0.4, -0.2) is 15.6 Å². The first-order chi connectivity index (χ1) is 8.19. The first-order valence-electron chi connectivity index (χ1n) is 5.37. The highest BCUT2D eigenvalue weighted by Gasteiger charge is 2.20. The van der Waals surface area contributed by atoms with Crippen LogP contribution in [0.5, 0.6) is 0 Å². The quantitative estimate of drug-likeness (QED) is 0.696. The minimum atomic E-state index is -0.201. The Morgan fingerprint density at radius 1 is 1.59 bits per heavy atom. The summed E-state index contributed by atoms with van der Waals surface area (Å²) in [4.78, 5) is 15.0. The SMILES string of the molecule is CCC(Br)C(=O)c1c[nH]c2cccc(C#N)c12. The van der Waals surface area contributed by atoms with Gasteiger partial charge in [-0.25, -0.2) is 0 Å². The predicted molar refractivity (Wildman–Crippen MR) is 70.4 cm³/mol. The summed E-state index contributed by atoms with van der Waals surface area (Å²) < 4.78 is 0. The van der Waals surface area contributed by atoms with Gasteiger partial charge in [-0.2, -0.15) is 5.26 Å². The smallest absolute Gasteiger partial charge is 0.178 e. The molecule has 2 aromatic rings. The van der Waals surface area contributed by atoms with E-state index in [0.717, 1.165) is 17.3 Å². The van der Waals surface area contributed by atoms with Crippen molar-refractivity contribution >= 4 is 32.6 Å². The summed E-state index contributed by atoms with van der Waals surface area (Å²) in [6.07, 6.45) is 2.40. The van der Waals surface area contributed by atoms with E-state index in [2.05, 4.69) is 27.0 Å². The number of carbonyl (C=O) groups is 1. The number of nitrogens with one attached hydrogen (secondary N) is 1. The second-order valence-corrected chi connectivity index (χ2v) is 4.89. The van der Waals surface area contributed by atoms with E-state index in [1.54, 1.807) is 18.3 Å². The van der Waals surface area contributed by atoms with Gasteiger partial charge in [-0.1, -0.05) is 28.9 Å². The fraction of sp³-hybridized carbons (Fsp3) is 0.231. The topological polar surface area (TPSA) is 56.6 Å². The molecule has 17 heavy (non-hydrogen) atoms. The summed E-state index contributed by atoms with van der Waals surface area (Å²) in [5.41, 5.74) is 1.94. The van der Waals surface area contributed by atoms with Gasteiger partial charge in [-0.3, -0.25) is 4.79 Å². The number of hydrogen-bond acceptors (Lipinski definition) is 2. The number of alkyl halides is 1. The van der Waals surface area contributed by atoms with Crippen molar-refractivity contribution in [3.8, 4) is 6.07 Å². The number of benzene rings is 1. The molecule has 2 rings (SSSR count). The van der Waals surface area contributed by atoms with Gasteiger partial charge in [0, 0.05) is 22.7 Å². The fourth-order valence-corrected chi connectivity index (χ4v) is 2.07. The lowest BCUT2D eigenvalue weighted by molar-refractivity contribution is 0.0992. The van der Waals surface area contributed by atoms with Gasteiger partial charge in [0.25, 0.3) is 0 Å². The maximum atomic E-state index is 12.1. The molecule has 0 amide bonds. The predicted octanol–water partition coefficient (Wildman–Crippen LogP) is 3.40. The second kappa shape index (κ2) is 4.72. The van der Waals surface area contributed by atoms with E-state index >= 15 is 0 Å². The third-order valence-corrected chi connectivity index (χ3v) is 3.80. The largest absolute Gasteiger partial charge is 0.360 e. The molecule has 0 aliphatic heterocycles. The third-order valence-electron chi connectivity index (χ3n) is 2.73. The number of nitrogens with zero attached hydrogens (tertiary/aromatic N) is 1. The standard InChI is InChI=1S/C13H11BrN2O/c1-2-10(14)13(17)9-7-16-11-5-3-4-8(6-15)12(9)11/h3-5,7,10,16H,2H2,1H3. The summed E-state index contributed by atoms with van der Waals surface area (Å²) in [6.45, 7) is 1.94. The minimum absolute atomic E-state index is 0.0152. The van der Waals surface area contributed by atoms with Crippen LogP contribution in [0.15, 0.2) is 24.4 Å². The molecule has 0 fully saturated rings. The lowest BCUT2D eigenvalue weighted by Crippen LogP contribution is -2.12. The molecule has 1 atom stereocenters. The number of aromatic amines is 1. The van der Waals surface area contributed by atoms with Crippen molar-refractivity contribution in [1.82, 2.24) is 4.98 Å². The molecule has 0 radical (unpaired) electrons. The monoisotopic (exact) mass is 290 g/mol. The molecule has 1 aromatic carbocycles. The van der Waals surface area contributed by atoms with E-state index in [4.69, 9.17) is 5.26 Å². The van der Waals surface area contributed by atoms with Crippen LogP contribution in [0.2, 0.25) is 0 Å². The van der Waals surface area contributed by atoms with Crippen LogP contribution in [0.1, 0.15) is 29.3 Å². The van der Waals surface area contributed by atoms with E-state index < -0.39 is 0 Å². The summed E-state index contributed by atoms with van der Waals surface area (Å²) in [6, 6.07) is 7.51. The highest BCUT2D eigenvalue weighted by molar-refractivity contribution is 9.10. The first kappa shape index (κ1) is 11.9. The van der Waals surface area contributed by atoms with Crippen LogP contribution in [0, 0.1) is 11.3 Å². The molecule has 0 saturated carbocycles. The molecule has 1 unspecified atom stereocenters. The Balaban J connectivity index is 2.64. The lowest BCUT2D eigenvalue weighted by atomic mass is 10.0. The van der Waals surface area contributed by atoms with Crippen LogP contribution in [0.3, 0.4) is 0 Å². The Morgan fingerprint density at radius 2 is 2.35 bits per heavy atom. The van der Waals surface area contributed by atoms with E-state index in [0.29, 0.717) is 11.1 Å². The molecule has 4 heteroatoms. The van der Waals surface area contributed by atoms with Gasteiger partial charge in [0.15, 0.2) is 5.78 Å². The van der Waals surface area contributed by atoms with Crippen molar-refractivity contribution in [1.29, 1.82) is 5.26 Å². The van der Waals surface area contributed by atoms with Gasteiger partial charge >= 0.3 is 0 Å². The van der Waals surface area contributed by atoms with Crippen LogP contribution < -0.4 is 0 Å². The zero-order valence-corrected chi connectivity index (χ0v) is 10.9. The van der Waals surface area contributed by atoms with Gasteiger partial charge in [-0.05, 0) is 18.6 Å². The molecule has 1 heterocycles. The van der Waals surface area contributed by atoms with Gasteiger partial charge in [0.1, 0.15) is 0 Å². The van der Waals surface area contributed by atoms with Crippen molar-refractivity contribution in [3.05, 3.63) is 35.5 Å². The highest BCUT2D eigenvalue weighted by Crippen LogP contribution is 2.25. The second-order valence-electron chi connectivity index (χ2n) is 3.78. The number of hydrogen-bond donors (Lipinski definition) is 1. The summed E-state index contributed by atoms with van der Waals surface area (Å²) in [7, 11) is 0. The van der Waals surface area contributed by atoms with Crippen LogP contribution >= 0.6 is 15.9 Å². The van der Waals surface area contributed by atoms with Gasteiger partial charge < -0.3 is 4.98 Å². The number of rotatable bonds is 3. The van der Waals surface area contributed by atoms with Crippen molar-refractivity contribution in [3.63, 3.8) is 0 Å². The first-order valence-corrected chi connectivity index (χ1v) is 6.29. The zero-order chi connectivity index (χ0) is 12.4. The maximum Gasteiger partial charge on any atom is 0.178 e. The molecule has 0 saturated heterocycles. The molecular weight excluding hydrogens is 280 g/mol. The maximum absolute atomic E-state index is 12.1. The molecule has 1 aromatic heterocycles. The lowest BCUT2D eigenvalue weighted by Gasteiger charge is -2.04. The number of Topliss-reactive ketones (excluding diaryl/α,β-unsaturated/α-hetero) is 1. The van der Waals surface area contributed by atoms with E-state index in [1.165, 1.54) is 0 Å². The van der Waals surface area contributed by atoms with Crippen molar-refractivity contribution in [2.75, 3.05) is 0 Å². The van der Waals surface area contributed by atoms with Crippen LogP contribution in [-0.2, 0) is 0 Å². The number of halogens is 1. The van der Waals surface area contributed by atoms with Gasteiger partial charge in [-0.15, -0.1) is 0 Å². The van der Waals surface area contributed by atoms with Gasteiger partial charge in [0.2, 0.25) is 0 Å². The van der Waals surface area contributed by atoms with Crippen LogP contribution in [0.4, 0.5) is 0 Å². The number of nitriles is 1. The Bertz CT molecular complexity index is 609. The number of aromatic nitrogens is 1. The van der Waals surface area contributed by atoms with Crippen LogP contribution in [0.25, 0.3) is 10.9 Å². The fourth-order valence-electron chi connectivity index (χ4n) is 1.83. The number of fused-ring (bicyclic) bond motifs is 1. The third kappa shape index (κ3) is 1.98. The molecular formula is C13H11BrN2O. The van der Waals surface area contributed by atoms with E-state index in [-0.39, 0.29) is 10.6 Å². The normalized spacial score (nSPS) is 12.3. The summed E-state index contributed by atoms with van der Waals surface area (Å²) >= 11 is 3.35. The van der Waals surface area contributed by atoms with Gasteiger partial charge in [0.05, 0.1) is 16.5 Å². The minimum Gasteiger partial charge on any atom is -0.360 e. The number of ketones is 1. The molecule has 86 valence electrons. The van der Waals surface area contributed by atoms with Crippen molar-refractivity contribution in [2.24, 2.45) is 0 Å². The number of H-pyrrole nitrogens is 1. The van der Waals surface area contributed by atoms with E-state index in [1.807, 2.05) is 13.0 Å². The summed E-state index contributed by atoms with van der Waals surface area (Å²) in [5, 5.41) is 9.79. The number of carbonyl (C=O) groups excluding carboxylic acids is 1. The van der Waals surface area contributed by atoms with E-state index in [9.17, 15) is 4.79 Å². The zero-order valence-electron chi connectivity index (χ0n) is 9.33. The molecule has 0 aliphatic carbocycles. The Hall–Kier alpha value is -1.60. The molecule has 0 bridgehead atoms. The Kier molecular flexibility index (Phi) is 3.30. The molecule has 1 N–H and O–H groups in total. The average Bonchev–Trinajstić information content (AvgIpc) is 2.80. The summed E-state index contributed by atoms with van der Waals surface area (Å²) in [5.74, 6) is 0.0152. The Morgan fingerprint density at radius 3 is 3.00 bits per heavy atom. The molecule has 0 spiro atoms. The van der Waals surface area contributed by atoms with Crippen molar-refractivity contribution < 1.29 is 4.79 Å². The average molecular weight is 291 g/mol.